The number of nitrogens with one attached hydrogen (secondary N) is 1. The molecule has 1 heterocycles. The van der Waals surface area contributed by atoms with Crippen molar-refractivity contribution in [2.45, 2.75) is 38.5 Å². The first-order chi connectivity index (χ1) is 11.2. The van der Waals surface area contributed by atoms with Gasteiger partial charge in [0.1, 0.15) is 24.9 Å². The third-order valence-electron chi connectivity index (χ3n) is 3.96. The van der Waals surface area contributed by atoms with Crippen molar-refractivity contribution in [3.05, 3.63) is 29.8 Å². The fourth-order valence-corrected chi connectivity index (χ4v) is 2.86. The van der Waals surface area contributed by atoms with E-state index in [1.165, 1.54) is 10.5 Å². The molecular weight excluding hydrogens is 294 g/mol. The number of hydrogen-bond acceptors (Lipinski definition) is 4. The summed E-state index contributed by atoms with van der Waals surface area (Å²) in [6.07, 6.45) is 1.96. The van der Waals surface area contributed by atoms with Crippen LogP contribution in [0.3, 0.4) is 0 Å². The highest BCUT2D eigenvalue weighted by Crippen LogP contribution is 2.12. The molecule has 130 valence electrons. The molecule has 1 aromatic carbocycles. The van der Waals surface area contributed by atoms with E-state index in [-0.39, 0.29) is 6.10 Å². The first-order valence-electron chi connectivity index (χ1n) is 8.57. The van der Waals surface area contributed by atoms with Gasteiger partial charge in [0.2, 0.25) is 0 Å². The SMILES string of the molecule is CCOc1ccc(C[NH+](C)C[C@@H](O)COC[C@@H]2CCCO2)cc1. The third-order valence-corrected chi connectivity index (χ3v) is 3.96. The molecule has 1 fully saturated rings. The summed E-state index contributed by atoms with van der Waals surface area (Å²) in [6, 6.07) is 8.14. The molecule has 0 bridgehead atoms. The Morgan fingerprint density at radius 1 is 1.35 bits per heavy atom. The number of rotatable bonds is 10. The van der Waals surface area contributed by atoms with Gasteiger partial charge in [-0.15, -0.1) is 0 Å². The molecule has 0 aliphatic carbocycles. The standard InChI is InChI=1S/C18H29NO4/c1-3-22-17-8-6-15(7-9-17)11-19(2)12-16(20)13-21-14-18-5-4-10-23-18/h6-9,16,18,20H,3-5,10-14H2,1-2H3/p+1/t16-,18+/m1/s1. The van der Waals surface area contributed by atoms with Gasteiger partial charge in [0.15, 0.2) is 0 Å². The van der Waals surface area contributed by atoms with Gasteiger partial charge < -0.3 is 24.2 Å². The van der Waals surface area contributed by atoms with Crippen molar-refractivity contribution in [2.75, 3.05) is 40.0 Å². The van der Waals surface area contributed by atoms with E-state index >= 15 is 0 Å². The number of quaternary nitrogens is 1. The Labute approximate surface area is 139 Å². The second-order valence-electron chi connectivity index (χ2n) is 6.24. The molecule has 0 aromatic heterocycles. The molecule has 1 aliphatic heterocycles. The topological polar surface area (TPSA) is 52.4 Å². The van der Waals surface area contributed by atoms with E-state index in [1.807, 2.05) is 19.1 Å². The van der Waals surface area contributed by atoms with Crippen molar-refractivity contribution in [1.82, 2.24) is 0 Å². The van der Waals surface area contributed by atoms with Crippen LogP contribution in [-0.2, 0) is 16.0 Å². The van der Waals surface area contributed by atoms with Crippen molar-refractivity contribution < 1.29 is 24.2 Å². The fourth-order valence-electron chi connectivity index (χ4n) is 2.86. The molecule has 3 atom stereocenters. The maximum atomic E-state index is 10.1. The quantitative estimate of drug-likeness (QED) is 0.664. The average Bonchev–Trinajstić information content (AvgIpc) is 3.03. The van der Waals surface area contributed by atoms with E-state index in [0.717, 1.165) is 31.7 Å². The van der Waals surface area contributed by atoms with Crippen molar-refractivity contribution in [2.24, 2.45) is 0 Å². The molecule has 23 heavy (non-hydrogen) atoms. The summed E-state index contributed by atoms with van der Waals surface area (Å²) < 4.78 is 16.5. The minimum atomic E-state index is -0.445. The molecule has 1 saturated heterocycles. The van der Waals surface area contributed by atoms with Crippen LogP contribution in [0.4, 0.5) is 0 Å². The van der Waals surface area contributed by atoms with Crippen molar-refractivity contribution >= 4 is 0 Å². The molecule has 1 unspecified atom stereocenters. The van der Waals surface area contributed by atoms with Crippen LogP contribution < -0.4 is 9.64 Å². The van der Waals surface area contributed by atoms with Crippen molar-refractivity contribution in [3.8, 4) is 5.75 Å². The zero-order chi connectivity index (χ0) is 16.5. The van der Waals surface area contributed by atoms with E-state index in [9.17, 15) is 5.11 Å². The highest BCUT2D eigenvalue weighted by atomic mass is 16.5. The number of hydrogen-bond donors (Lipinski definition) is 2. The Morgan fingerprint density at radius 2 is 2.13 bits per heavy atom. The Morgan fingerprint density at radius 3 is 2.78 bits per heavy atom. The molecule has 2 rings (SSSR count). The molecule has 2 N–H and O–H groups in total. The van der Waals surface area contributed by atoms with Crippen LogP contribution in [0.2, 0.25) is 0 Å². The van der Waals surface area contributed by atoms with Crippen LogP contribution in [0, 0.1) is 0 Å². The van der Waals surface area contributed by atoms with Crippen molar-refractivity contribution in [1.29, 1.82) is 0 Å². The van der Waals surface area contributed by atoms with Gasteiger partial charge in [0.05, 0.1) is 33.0 Å². The molecule has 0 saturated carbocycles. The maximum absolute atomic E-state index is 10.1. The van der Waals surface area contributed by atoms with Gasteiger partial charge in [-0.05, 0) is 44.0 Å². The summed E-state index contributed by atoms with van der Waals surface area (Å²) in [5.74, 6) is 0.900. The number of aliphatic hydroxyl groups is 1. The lowest BCUT2D eigenvalue weighted by Crippen LogP contribution is -3.08. The average molecular weight is 324 g/mol. The second-order valence-corrected chi connectivity index (χ2v) is 6.24. The molecule has 5 heteroatoms. The van der Waals surface area contributed by atoms with Gasteiger partial charge in [0.25, 0.3) is 0 Å². The largest absolute Gasteiger partial charge is 0.494 e. The van der Waals surface area contributed by atoms with E-state index in [2.05, 4.69) is 19.2 Å². The Kier molecular flexibility index (Phi) is 7.82. The second kappa shape index (κ2) is 9.88. The number of benzene rings is 1. The lowest BCUT2D eigenvalue weighted by molar-refractivity contribution is -0.897. The van der Waals surface area contributed by atoms with Gasteiger partial charge in [0, 0.05) is 12.2 Å². The number of aliphatic hydroxyl groups excluding tert-OH is 1. The smallest absolute Gasteiger partial charge is 0.126 e. The first kappa shape index (κ1) is 18.2. The van der Waals surface area contributed by atoms with Gasteiger partial charge in [-0.2, -0.15) is 0 Å². The highest BCUT2D eigenvalue weighted by Gasteiger charge is 2.17. The zero-order valence-corrected chi connectivity index (χ0v) is 14.3. The Hall–Kier alpha value is -1.14. The summed E-state index contributed by atoms with van der Waals surface area (Å²) in [5, 5.41) is 10.1. The maximum Gasteiger partial charge on any atom is 0.126 e. The van der Waals surface area contributed by atoms with E-state index in [1.54, 1.807) is 0 Å². The first-order valence-corrected chi connectivity index (χ1v) is 8.57. The van der Waals surface area contributed by atoms with Crippen LogP contribution in [-0.4, -0.2) is 57.3 Å². The minimum absolute atomic E-state index is 0.219. The van der Waals surface area contributed by atoms with Gasteiger partial charge in [-0.1, -0.05) is 0 Å². The lowest BCUT2D eigenvalue weighted by Gasteiger charge is -2.19. The van der Waals surface area contributed by atoms with E-state index < -0.39 is 6.10 Å². The highest BCUT2D eigenvalue weighted by molar-refractivity contribution is 5.26. The summed E-state index contributed by atoms with van der Waals surface area (Å²) in [5.41, 5.74) is 1.23. The fraction of sp³-hybridized carbons (Fsp3) is 0.667. The molecule has 1 aliphatic rings. The van der Waals surface area contributed by atoms with Crippen LogP contribution >= 0.6 is 0 Å². The molecule has 1 aromatic rings. The predicted octanol–water partition coefficient (Wildman–Crippen LogP) is 0.657. The van der Waals surface area contributed by atoms with E-state index in [0.29, 0.717) is 26.4 Å². The normalized spacial score (nSPS) is 20.4. The minimum Gasteiger partial charge on any atom is -0.494 e. The number of likely N-dealkylation sites (N-methyl/N-ethyl adjacent to an activating group) is 1. The number of ether oxygens (including phenoxy) is 3. The zero-order valence-electron chi connectivity index (χ0n) is 14.3. The van der Waals surface area contributed by atoms with Crippen LogP contribution in [0.15, 0.2) is 24.3 Å². The summed E-state index contributed by atoms with van der Waals surface area (Å²) in [4.78, 5) is 1.25. The Balaban J connectivity index is 1.63. The summed E-state index contributed by atoms with van der Waals surface area (Å²) in [6.45, 7) is 6.01. The van der Waals surface area contributed by atoms with Gasteiger partial charge in [-0.3, -0.25) is 0 Å². The molecular formula is C18H30NO4+. The lowest BCUT2D eigenvalue weighted by atomic mass is 10.2. The monoisotopic (exact) mass is 324 g/mol. The van der Waals surface area contributed by atoms with E-state index in [4.69, 9.17) is 14.2 Å². The van der Waals surface area contributed by atoms with Crippen LogP contribution in [0.5, 0.6) is 5.75 Å². The van der Waals surface area contributed by atoms with Gasteiger partial charge in [-0.25, -0.2) is 0 Å². The van der Waals surface area contributed by atoms with Crippen LogP contribution in [0.25, 0.3) is 0 Å². The van der Waals surface area contributed by atoms with Crippen molar-refractivity contribution in [3.63, 3.8) is 0 Å². The molecule has 0 radical (unpaired) electrons. The third kappa shape index (κ3) is 6.87. The Bertz CT molecular complexity index is 431. The molecule has 0 amide bonds. The molecule has 0 spiro atoms. The predicted molar refractivity (Wildman–Crippen MR) is 88.9 cm³/mol. The van der Waals surface area contributed by atoms with Gasteiger partial charge >= 0.3 is 0 Å². The molecule has 5 nitrogen and oxygen atoms in total. The van der Waals surface area contributed by atoms with Crippen LogP contribution in [0.1, 0.15) is 25.3 Å². The summed E-state index contributed by atoms with van der Waals surface area (Å²) >= 11 is 0. The summed E-state index contributed by atoms with van der Waals surface area (Å²) in [7, 11) is 2.08.